The van der Waals surface area contributed by atoms with Crippen LogP contribution in [-0.4, -0.2) is 0 Å². The lowest BCUT2D eigenvalue weighted by Gasteiger charge is -2.27. The number of para-hydroxylation sites is 2. The van der Waals surface area contributed by atoms with Crippen molar-refractivity contribution in [2.45, 2.75) is 6.92 Å². The Labute approximate surface area is 288 Å². The number of anilines is 6. The molecule has 0 fully saturated rings. The molecule has 8 rings (SSSR count). The van der Waals surface area contributed by atoms with Gasteiger partial charge < -0.3 is 9.80 Å². The minimum absolute atomic E-state index is 1.12. The zero-order valence-electron chi connectivity index (χ0n) is 27.4. The highest BCUT2D eigenvalue weighted by Crippen LogP contribution is 2.39. The molecule has 2 heteroatoms. The Kier molecular flexibility index (Phi) is 8.19. The van der Waals surface area contributed by atoms with Crippen LogP contribution >= 0.6 is 0 Å². The van der Waals surface area contributed by atoms with Gasteiger partial charge in [0, 0.05) is 34.1 Å². The highest BCUT2D eigenvalue weighted by Gasteiger charge is 2.15. The van der Waals surface area contributed by atoms with Crippen LogP contribution in [0.5, 0.6) is 0 Å². The van der Waals surface area contributed by atoms with Gasteiger partial charge in [-0.1, -0.05) is 133 Å². The van der Waals surface area contributed by atoms with Gasteiger partial charge in [-0.05, 0) is 112 Å². The second-order valence-electron chi connectivity index (χ2n) is 12.4. The quantitative estimate of drug-likeness (QED) is 0.155. The first kappa shape index (κ1) is 30.0. The Bertz CT molecular complexity index is 2390. The van der Waals surface area contributed by atoms with Crippen molar-refractivity contribution in [3.05, 3.63) is 205 Å². The van der Waals surface area contributed by atoms with Gasteiger partial charge >= 0.3 is 0 Å². The third-order valence-electron chi connectivity index (χ3n) is 9.12. The summed E-state index contributed by atoms with van der Waals surface area (Å²) in [6.07, 6.45) is 4.37. The van der Waals surface area contributed by atoms with Crippen LogP contribution in [0.3, 0.4) is 0 Å². The van der Waals surface area contributed by atoms with E-state index in [0.29, 0.717) is 0 Å². The van der Waals surface area contributed by atoms with Crippen molar-refractivity contribution >= 4 is 67.8 Å². The smallest absolute Gasteiger partial charge is 0.0490 e. The molecule has 8 aromatic carbocycles. The molecule has 0 aliphatic carbocycles. The molecule has 0 unspecified atom stereocenters. The van der Waals surface area contributed by atoms with E-state index in [1.807, 2.05) is 0 Å². The van der Waals surface area contributed by atoms with E-state index >= 15 is 0 Å². The molecule has 0 aliphatic heterocycles. The molecular formula is C47H36N2. The average molecular weight is 629 g/mol. The van der Waals surface area contributed by atoms with Gasteiger partial charge in [-0.3, -0.25) is 0 Å². The Morgan fingerprint density at radius 1 is 0.327 bits per heavy atom. The molecule has 0 amide bonds. The monoisotopic (exact) mass is 628 g/mol. The lowest BCUT2D eigenvalue weighted by Crippen LogP contribution is -2.11. The second kappa shape index (κ2) is 13.4. The fourth-order valence-electron chi connectivity index (χ4n) is 6.56. The normalized spacial score (nSPS) is 11.3. The standard InChI is InChI=1S/C47H36N2/c1-35-11-5-10-18-47(35)49(46-32-26-39-13-7-9-15-41(39)34-46)44-29-23-37(24-30-44)20-19-36-21-27-43(28-22-36)48(42-16-3-2-4-17-42)45-31-25-38-12-6-8-14-40(38)33-45/h2-34H,1H3. The molecule has 0 atom stereocenters. The predicted octanol–water partition coefficient (Wildman–Crippen LogP) is 13.4. The number of hydrogen-bond acceptors (Lipinski definition) is 2. The molecule has 8 aromatic rings. The van der Waals surface area contributed by atoms with Crippen LogP contribution < -0.4 is 9.80 Å². The van der Waals surface area contributed by atoms with Crippen molar-refractivity contribution in [2.24, 2.45) is 0 Å². The van der Waals surface area contributed by atoms with E-state index in [1.165, 1.54) is 32.8 Å². The molecule has 0 spiro atoms. The minimum atomic E-state index is 1.12. The first-order valence-electron chi connectivity index (χ1n) is 16.8. The van der Waals surface area contributed by atoms with Gasteiger partial charge in [-0.15, -0.1) is 0 Å². The largest absolute Gasteiger partial charge is 0.310 e. The molecular weight excluding hydrogens is 593 g/mol. The van der Waals surface area contributed by atoms with Crippen LogP contribution in [0, 0.1) is 6.92 Å². The number of hydrogen-bond donors (Lipinski definition) is 0. The number of aryl methyl sites for hydroxylation is 1. The fraction of sp³-hybridized carbons (Fsp3) is 0.0213. The molecule has 0 aromatic heterocycles. The lowest BCUT2D eigenvalue weighted by molar-refractivity contribution is 1.25. The molecule has 0 saturated heterocycles. The summed E-state index contributed by atoms with van der Waals surface area (Å²) in [6.45, 7) is 2.17. The zero-order chi connectivity index (χ0) is 33.0. The van der Waals surface area contributed by atoms with Crippen molar-refractivity contribution < 1.29 is 0 Å². The predicted molar refractivity (Wildman–Crippen MR) is 211 cm³/mol. The van der Waals surface area contributed by atoms with Crippen molar-refractivity contribution in [1.29, 1.82) is 0 Å². The van der Waals surface area contributed by atoms with Crippen LogP contribution in [0.1, 0.15) is 16.7 Å². The highest BCUT2D eigenvalue weighted by atomic mass is 15.1. The van der Waals surface area contributed by atoms with Gasteiger partial charge in [0.2, 0.25) is 0 Å². The topological polar surface area (TPSA) is 6.48 Å². The Hall–Kier alpha value is -6.38. The van der Waals surface area contributed by atoms with E-state index in [1.54, 1.807) is 0 Å². The lowest BCUT2D eigenvalue weighted by atomic mass is 10.1. The van der Waals surface area contributed by atoms with Crippen LogP contribution in [0.25, 0.3) is 33.7 Å². The number of rotatable bonds is 8. The Morgan fingerprint density at radius 3 is 1.29 bits per heavy atom. The molecule has 0 N–H and O–H groups in total. The minimum Gasteiger partial charge on any atom is -0.310 e. The van der Waals surface area contributed by atoms with Crippen LogP contribution in [0.2, 0.25) is 0 Å². The number of nitrogens with zero attached hydrogens (tertiary/aromatic N) is 2. The third kappa shape index (κ3) is 6.33. The van der Waals surface area contributed by atoms with E-state index in [4.69, 9.17) is 0 Å². The van der Waals surface area contributed by atoms with Crippen LogP contribution in [0.15, 0.2) is 188 Å². The number of fused-ring (bicyclic) bond motifs is 2. The Balaban J connectivity index is 1.06. The van der Waals surface area contributed by atoms with E-state index in [-0.39, 0.29) is 0 Å². The number of benzene rings is 8. The summed E-state index contributed by atoms with van der Waals surface area (Å²) in [5.41, 5.74) is 10.4. The summed E-state index contributed by atoms with van der Waals surface area (Å²) in [6, 6.07) is 67.2. The first-order valence-corrected chi connectivity index (χ1v) is 16.8. The van der Waals surface area contributed by atoms with Gasteiger partial charge in [-0.25, -0.2) is 0 Å². The second-order valence-corrected chi connectivity index (χ2v) is 12.4. The molecule has 0 bridgehead atoms. The van der Waals surface area contributed by atoms with Crippen molar-refractivity contribution in [3.8, 4) is 0 Å². The summed E-state index contributed by atoms with van der Waals surface area (Å²) in [4.78, 5) is 4.66. The van der Waals surface area contributed by atoms with E-state index in [9.17, 15) is 0 Å². The highest BCUT2D eigenvalue weighted by molar-refractivity contribution is 5.91. The maximum atomic E-state index is 2.35. The van der Waals surface area contributed by atoms with E-state index < -0.39 is 0 Å². The summed E-state index contributed by atoms with van der Waals surface area (Å²) < 4.78 is 0. The van der Waals surface area contributed by atoms with E-state index in [0.717, 1.165) is 39.6 Å². The molecule has 0 radical (unpaired) electrons. The third-order valence-corrected chi connectivity index (χ3v) is 9.12. The van der Waals surface area contributed by atoms with Gasteiger partial charge in [0.25, 0.3) is 0 Å². The molecule has 0 heterocycles. The Morgan fingerprint density at radius 2 is 0.735 bits per heavy atom. The maximum Gasteiger partial charge on any atom is 0.0490 e. The first-order chi connectivity index (χ1) is 24.2. The molecule has 234 valence electrons. The molecule has 0 aliphatic rings. The molecule has 49 heavy (non-hydrogen) atoms. The van der Waals surface area contributed by atoms with Crippen molar-refractivity contribution in [3.63, 3.8) is 0 Å². The van der Waals surface area contributed by atoms with Gasteiger partial charge in [-0.2, -0.15) is 0 Å². The maximum absolute atomic E-state index is 2.35. The van der Waals surface area contributed by atoms with Gasteiger partial charge in [0.15, 0.2) is 0 Å². The summed E-state index contributed by atoms with van der Waals surface area (Å²) in [7, 11) is 0. The van der Waals surface area contributed by atoms with Gasteiger partial charge in [0.1, 0.15) is 0 Å². The molecule has 0 saturated carbocycles. The SMILES string of the molecule is Cc1ccccc1N(c1ccc(C=Cc2ccc(N(c3ccccc3)c3ccc4ccccc4c3)cc2)cc1)c1ccc2ccccc2c1. The zero-order valence-corrected chi connectivity index (χ0v) is 27.4. The van der Waals surface area contributed by atoms with Crippen LogP contribution in [-0.2, 0) is 0 Å². The summed E-state index contributed by atoms with van der Waals surface area (Å²) in [5.74, 6) is 0. The fourth-order valence-corrected chi connectivity index (χ4v) is 6.56. The average Bonchev–Trinajstić information content (AvgIpc) is 3.16. The van der Waals surface area contributed by atoms with Crippen molar-refractivity contribution in [2.75, 3.05) is 9.80 Å². The van der Waals surface area contributed by atoms with Crippen LogP contribution in [0.4, 0.5) is 34.1 Å². The summed E-state index contributed by atoms with van der Waals surface area (Å²) in [5, 5.41) is 4.94. The summed E-state index contributed by atoms with van der Waals surface area (Å²) >= 11 is 0. The molecule has 2 nitrogen and oxygen atoms in total. The van der Waals surface area contributed by atoms with E-state index in [2.05, 4.69) is 217 Å². The van der Waals surface area contributed by atoms with Gasteiger partial charge in [0.05, 0.1) is 0 Å². The van der Waals surface area contributed by atoms with Crippen molar-refractivity contribution in [1.82, 2.24) is 0 Å².